The van der Waals surface area contributed by atoms with Crippen LogP contribution >= 0.6 is 11.6 Å². The minimum absolute atomic E-state index is 0.416. The Morgan fingerprint density at radius 2 is 2.05 bits per heavy atom. The summed E-state index contributed by atoms with van der Waals surface area (Å²) in [7, 11) is 4.31. The zero-order chi connectivity index (χ0) is 14.5. The Morgan fingerprint density at radius 3 is 2.65 bits per heavy atom. The highest BCUT2D eigenvalue weighted by Crippen LogP contribution is 2.22. The molecule has 2 rings (SSSR count). The van der Waals surface area contributed by atoms with Crippen LogP contribution in [-0.4, -0.2) is 54.7 Å². The SMILES string of the molecule is CN(C)C1CCN(CCC(O)c2cccc(Cl)c2)CC1. The van der Waals surface area contributed by atoms with Crippen molar-refractivity contribution < 1.29 is 5.11 Å². The van der Waals surface area contributed by atoms with E-state index in [1.807, 2.05) is 24.3 Å². The summed E-state index contributed by atoms with van der Waals surface area (Å²) in [5.74, 6) is 0. The number of halogens is 1. The van der Waals surface area contributed by atoms with Gasteiger partial charge in [-0.05, 0) is 64.1 Å². The average Bonchev–Trinajstić information content (AvgIpc) is 2.45. The molecule has 1 atom stereocenters. The molecule has 1 saturated heterocycles. The van der Waals surface area contributed by atoms with E-state index < -0.39 is 6.10 Å². The van der Waals surface area contributed by atoms with Crippen LogP contribution in [0.5, 0.6) is 0 Å². The van der Waals surface area contributed by atoms with Crippen molar-refractivity contribution in [1.29, 1.82) is 0 Å². The molecule has 112 valence electrons. The quantitative estimate of drug-likeness (QED) is 0.905. The van der Waals surface area contributed by atoms with Crippen LogP contribution in [0.15, 0.2) is 24.3 Å². The molecule has 1 aliphatic heterocycles. The monoisotopic (exact) mass is 296 g/mol. The van der Waals surface area contributed by atoms with Crippen LogP contribution < -0.4 is 0 Å². The molecule has 0 saturated carbocycles. The number of nitrogens with zero attached hydrogens (tertiary/aromatic N) is 2. The Labute approximate surface area is 127 Å². The second-order valence-corrected chi connectivity index (χ2v) is 6.33. The zero-order valence-corrected chi connectivity index (χ0v) is 13.2. The molecule has 1 fully saturated rings. The number of likely N-dealkylation sites (tertiary alicyclic amines) is 1. The first kappa shape index (κ1) is 15.8. The Hall–Kier alpha value is -0.610. The van der Waals surface area contributed by atoms with Crippen LogP contribution in [0.3, 0.4) is 0 Å². The third kappa shape index (κ3) is 4.45. The molecule has 1 aliphatic rings. The molecule has 1 aromatic carbocycles. The second kappa shape index (κ2) is 7.41. The topological polar surface area (TPSA) is 26.7 Å². The molecule has 4 heteroatoms. The summed E-state index contributed by atoms with van der Waals surface area (Å²) in [5.41, 5.74) is 0.917. The van der Waals surface area contributed by atoms with Gasteiger partial charge >= 0.3 is 0 Å². The maximum Gasteiger partial charge on any atom is 0.0802 e. The fourth-order valence-electron chi connectivity index (χ4n) is 2.84. The van der Waals surface area contributed by atoms with Crippen molar-refractivity contribution >= 4 is 11.6 Å². The van der Waals surface area contributed by atoms with Gasteiger partial charge in [0.25, 0.3) is 0 Å². The maximum atomic E-state index is 10.2. The third-order valence-corrected chi connectivity index (χ3v) is 4.47. The number of hydrogen-bond donors (Lipinski definition) is 1. The van der Waals surface area contributed by atoms with Gasteiger partial charge in [-0.2, -0.15) is 0 Å². The van der Waals surface area contributed by atoms with E-state index in [2.05, 4.69) is 23.9 Å². The van der Waals surface area contributed by atoms with Gasteiger partial charge in [0.1, 0.15) is 0 Å². The van der Waals surface area contributed by atoms with Gasteiger partial charge in [0, 0.05) is 17.6 Å². The third-order valence-electron chi connectivity index (χ3n) is 4.24. The number of hydrogen-bond acceptors (Lipinski definition) is 3. The van der Waals surface area contributed by atoms with Crippen LogP contribution in [0.1, 0.15) is 30.9 Å². The summed E-state index contributed by atoms with van der Waals surface area (Å²) in [6.45, 7) is 3.21. The molecule has 0 aliphatic carbocycles. The summed E-state index contributed by atoms with van der Waals surface area (Å²) >= 11 is 5.96. The molecule has 1 unspecified atom stereocenters. The Balaban J connectivity index is 1.76. The fraction of sp³-hybridized carbons (Fsp3) is 0.625. The van der Waals surface area contributed by atoms with Crippen LogP contribution in [0, 0.1) is 0 Å². The van der Waals surface area contributed by atoms with Crippen LogP contribution in [0.2, 0.25) is 5.02 Å². The minimum atomic E-state index is -0.416. The molecule has 20 heavy (non-hydrogen) atoms. The van der Waals surface area contributed by atoms with Crippen molar-refractivity contribution in [2.24, 2.45) is 0 Å². The first-order valence-corrected chi connectivity index (χ1v) is 7.76. The number of benzene rings is 1. The first-order chi connectivity index (χ1) is 9.56. The van der Waals surface area contributed by atoms with Crippen molar-refractivity contribution in [3.63, 3.8) is 0 Å². The number of aliphatic hydroxyl groups excluding tert-OH is 1. The highest BCUT2D eigenvalue weighted by Gasteiger charge is 2.21. The van der Waals surface area contributed by atoms with Crippen molar-refractivity contribution in [3.05, 3.63) is 34.9 Å². The molecule has 0 radical (unpaired) electrons. The molecule has 0 amide bonds. The predicted octanol–water partition coefficient (Wildman–Crippen LogP) is 2.79. The van der Waals surface area contributed by atoms with E-state index in [-0.39, 0.29) is 0 Å². The summed E-state index contributed by atoms with van der Waals surface area (Å²) in [6, 6.07) is 8.23. The van der Waals surface area contributed by atoms with Gasteiger partial charge in [-0.1, -0.05) is 23.7 Å². The van der Waals surface area contributed by atoms with Gasteiger partial charge in [0.05, 0.1) is 6.10 Å². The lowest BCUT2D eigenvalue weighted by atomic mass is 10.0. The van der Waals surface area contributed by atoms with Gasteiger partial charge in [0.15, 0.2) is 0 Å². The zero-order valence-electron chi connectivity index (χ0n) is 12.4. The number of rotatable bonds is 5. The van der Waals surface area contributed by atoms with Gasteiger partial charge in [-0.25, -0.2) is 0 Å². The van der Waals surface area contributed by atoms with Gasteiger partial charge < -0.3 is 14.9 Å². The lowest BCUT2D eigenvalue weighted by molar-refractivity contribution is 0.110. The second-order valence-electron chi connectivity index (χ2n) is 5.90. The molecular weight excluding hydrogens is 272 g/mol. The molecule has 1 heterocycles. The van der Waals surface area contributed by atoms with Crippen molar-refractivity contribution in [1.82, 2.24) is 9.80 Å². The van der Waals surface area contributed by atoms with E-state index in [4.69, 9.17) is 11.6 Å². The maximum absolute atomic E-state index is 10.2. The van der Waals surface area contributed by atoms with E-state index >= 15 is 0 Å². The Bertz CT molecular complexity index is 417. The van der Waals surface area contributed by atoms with E-state index in [1.54, 1.807) is 0 Å². The van der Waals surface area contributed by atoms with Crippen LogP contribution in [-0.2, 0) is 0 Å². The normalized spacial score (nSPS) is 19.4. The number of aliphatic hydroxyl groups is 1. The first-order valence-electron chi connectivity index (χ1n) is 7.38. The largest absolute Gasteiger partial charge is 0.388 e. The summed E-state index contributed by atoms with van der Waals surface area (Å²) in [6.07, 6.45) is 2.80. The van der Waals surface area contributed by atoms with Crippen LogP contribution in [0.25, 0.3) is 0 Å². The van der Waals surface area contributed by atoms with Gasteiger partial charge in [0.2, 0.25) is 0 Å². The molecule has 0 bridgehead atoms. The predicted molar refractivity (Wildman–Crippen MR) is 84.2 cm³/mol. The lowest BCUT2D eigenvalue weighted by Crippen LogP contribution is -2.42. The van der Waals surface area contributed by atoms with Crippen LogP contribution in [0.4, 0.5) is 0 Å². The van der Waals surface area contributed by atoms with Crippen molar-refractivity contribution in [2.45, 2.75) is 31.4 Å². The molecule has 3 nitrogen and oxygen atoms in total. The van der Waals surface area contributed by atoms with E-state index in [0.29, 0.717) is 11.1 Å². The standard InChI is InChI=1S/C16H25ClN2O/c1-18(2)15-6-9-19(10-7-15)11-8-16(20)13-4-3-5-14(17)12-13/h3-5,12,15-16,20H,6-11H2,1-2H3. The average molecular weight is 297 g/mol. The smallest absolute Gasteiger partial charge is 0.0802 e. The van der Waals surface area contributed by atoms with Crippen molar-refractivity contribution in [2.75, 3.05) is 33.7 Å². The van der Waals surface area contributed by atoms with E-state index in [9.17, 15) is 5.11 Å². The minimum Gasteiger partial charge on any atom is -0.388 e. The molecule has 0 aromatic heterocycles. The highest BCUT2D eigenvalue weighted by atomic mass is 35.5. The van der Waals surface area contributed by atoms with E-state index in [0.717, 1.165) is 31.6 Å². The van der Waals surface area contributed by atoms with Gasteiger partial charge in [-0.15, -0.1) is 0 Å². The Kier molecular flexibility index (Phi) is 5.85. The summed E-state index contributed by atoms with van der Waals surface area (Å²) < 4.78 is 0. The number of piperidine rings is 1. The van der Waals surface area contributed by atoms with E-state index in [1.165, 1.54) is 12.8 Å². The molecular formula is C16H25ClN2O. The summed E-state index contributed by atoms with van der Waals surface area (Å²) in [5, 5.41) is 10.9. The van der Waals surface area contributed by atoms with Crippen molar-refractivity contribution in [3.8, 4) is 0 Å². The summed E-state index contributed by atoms with van der Waals surface area (Å²) in [4.78, 5) is 4.77. The Morgan fingerprint density at radius 1 is 1.35 bits per heavy atom. The molecule has 1 aromatic rings. The lowest BCUT2D eigenvalue weighted by Gasteiger charge is -2.35. The fourth-order valence-corrected chi connectivity index (χ4v) is 3.04. The van der Waals surface area contributed by atoms with Gasteiger partial charge in [-0.3, -0.25) is 0 Å². The molecule has 0 spiro atoms. The molecule has 1 N–H and O–H groups in total. The highest BCUT2D eigenvalue weighted by molar-refractivity contribution is 6.30.